The van der Waals surface area contributed by atoms with Crippen molar-refractivity contribution in [3.8, 4) is 0 Å². The van der Waals surface area contributed by atoms with Crippen LogP contribution in [0.2, 0.25) is 0 Å². The number of amides is 2. The van der Waals surface area contributed by atoms with Gasteiger partial charge in [0.2, 0.25) is 0 Å². The smallest absolute Gasteiger partial charge is 0.421 e. The number of hydrogen-bond acceptors (Lipinski definition) is 4. The maximum Gasteiger partial charge on any atom is 0.421 e. The van der Waals surface area contributed by atoms with E-state index in [-0.39, 0.29) is 6.61 Å². The summed E-state index contributed by atoms with van der Waals surface area (Å²) in [5.74, 6) is 1.95. The van der Waals surface area contributed by atoms with Crippen LogP contribution < -0.4 is 4.90 Å². The van der Waals surface area contributed by atoms with Crippen LogP contribution in [0.4, 0.5) is 10.5 Å². The van der Waals surface area contributed by atoms with E-state index < -0.39 is 19.3 Å². The second-order valence-electron chi connectivity index (χ2n) is 8.01. The molecule has 172 valence electrons. The van der Waals surface area contributed by atoms with Gasteiger partial charge in [-0.15, -0.1) is 0 Å². The number of imide groups is 1. The van der Waals surface area contributed by atoms with Crippen LogP contribution in [0.25, 0.3) is 0 Å². The van der Waals surface area contributed by atoms with Crippen molar-refractivity contribution in [1.82, 2.24) is 0 Å². The zero-order valence-corrected chi connectivity index (χ0v) is 20.7. The molecule has 0 radical (unpaired) electrons. The van der Waals surface area contributed by atoms with Crippen molar-refractivity contribution in [2.75, 3.05) is 36.2 Å². The molecule has 1 rings (SSSR count). The molecule has 0 aliphatic heterocycles. The summed E-state index contributed by atoms with van der Waals surface area (Å²) in [6.45, 7) is 8.50. The molecule has 0 aromatic heterocycles. The van der Waals surface area contributed by atoms with E-state index in [9.17, 15) is 9.59 Å². The minimum atomic E-state index is -1.47. The van der Waals surface area contributed by atoms with Gasteiger partial charge >= 0.3 is 6.09 Å². The molecule has 1 aromatic rings. The van der Waals surface area contributed by atoms with Crippen molar-refractivity contribution >= 4 is 30.8 Å². The third-order valence-electron chi connectivity index (χ3n) is 5.53. The summed E-state index contributed by atoms with van der Waals surface area (Å²) in [5, 5.41) is 7.93. The second-order valence-corrected chi connectivity index (χ2v) is 12.4. The van der Waals surface area contributed by atoms with E-state index in [0.717, 1.165) is 61.9 Å². The number of benzene rings is 1. The third kappa shape index (κ3) is 8.59. The zero-order valence-electron chi connectivity index (χ0n) is 19.8. The van der Waals surface area contributed by atoms with Gasteiger partial charge in [-0.05, 0) is 44.2 Å². The van der Waals surface area contributed by atoms with Gasteiger partial charge in [0, 0.05) is 7.26 Å². The molecule has 0 aliphatic rings. The Morgan fingerprint density at radius 1 is 0.935 bits per heavy atom. The molecule has 0 fully saturated rings. The Kier molecular flexibility index (Phi) is 13.1. The van der Waals surface area contributed by atoms with E-state index in [2.05, 4.69) is 26.6 Å². The monoisotopic (exact) mass is 447 g/mol. The molecule has 0 spiro atoms. The van der Waals surface area contributed by atoms with Crippen LogP contribution in [0.3, 0.4) is 0 Å². The lowest BCUT2D eigenvalue weighted by Crippen LogP contribution is -2.39. The first-order valence-electron chi connectivity index (χ1n) is 11.7. The van der Waals surface area contributed by atoms with Gasteiger partial charge in [-0.25, -0.2) is 9.69 Å². The number of nitrogens with one attached hydrogen (secondary N) is 1. The van der Waals surface area contributed by atoms with E-state index >= 15 is 0 Å². The molecular weight excluding hydrogens is 407 g/mol. The summed E-state index contributed by atoms with van der Waals surface area (Å²) in [6, 6.07) is 8.82. The van der Waals surface area contributed by atoms with Crippen LogP contribution in [0.1, 0.15) is 66.2 Å². The van der Waals surface area contributed by atoms with Crippen molar-refractivity contribution in [1.29, 1.82) is 5.41 Å². The van der Waals surface area contributed by atoms with E-state index in [1.807, 2.05) is 6.07 Å². The number of ether oxygens (including phenoxy) is 1. The highest BCUT2D eigenvalue weighted by Gasteiger charge is 2.40. The first-order valence-corrected chi connectivity index (χ1v) is 14.2. The summed E-state index contributed by atoms with van der Waals surface area (Å²) >= 11 is 0. The highest BCUT2D eigenvalue weighted by atomic mass is 31.2. The fourth-order valence-corrected chi connectivity index (χ4v) is 8.75. The molecule has 1 N–H and O–H groups in total. The van der Waals surface area contributed by atoms with E-state index in [1.165, 1.54) is 0 Å². The summed E-state index contributed by atoms with van der Waals surface area (Å²) in [5.41, 5.74) is 0.756. The van der Waals surface area contributed by atoms with Crippen molar-refractivity contribution in [2.24, 2.45) is 0 Å². The fourth-order valence-electron chi connectivity index (χ4n) is 3.75. The Morgan fingerprint density at radius 2 is 1.45 bits per heavy atom. The number of carbonyl (C=O) groups excluding carboxylic acids is 2. The van der Waals surface area contributed by atoms with Crippen LogP contribution in [0.15, 0.2) is 35.9 Å². The van der Waals surface area contributed by atoms with Gasteiger partial charge in [-0.3, -0.25) is 10.2 Å². The van der Waals surface area contributed by atoms with Gasteiger partial charge in [0.1, 0.15) is 5.57 Å². The van der Waals surface area contributed by atoms with Gasteiger partial charge in [0.25, 0.3) is 5.91 Å². The van der Waals surface area contributed by atoms with Crippen molar-refractivity contribution in [3.05, 3.63) is 35.9 Å². The summed E-state index contributed by atoms with van der Waals surface area (Å²) in [6.07, 6.45) is 10.1. The highest BCUT2D eigenvalue weighted by Crippen LogP contribution is 2.61. The summed E-state index contributed by atoms with van der Waals surface area (Å²) in [7, 11) is -1.47. The Balaban J connectivity index is 3.29. The fraction of sp³-hybridized carbons (Fsp3) is 0.600. The molecule has 0 heterocycles. The van der Waals surface area contributed by atoms with Gasteiger partial charge in [-0.2, -0.15) is 0 Å². The van der Waals surface area contributed by atoms with E-state index in [4.69, 9.17) is 10.1 Å². The average Bonchev–Trinajstić information content (AvgIpc) is 2.79. The zero-order chi connectivity index (χ0) is 23.1. The lowest BCUT2D eigenvalue weighted by atomic mass is 10.2. The number of anilines is 1. The summed E-state index contributed by atoms with van der Waals surface area (Å²) in [4.78, 5) is 27.3. The Bertz CT molecular complexity index is 708. The maximum atomic E-state index is 13.5. The van der Waals surface area contributed by atoms with E-state index in [0.29, 0.717) is 17.4 Å². The minimum absolute atomic E-state index is 0.180. The first-order chi connectivity index (χ1) is 15.0. The molecule has 5 nitrogen and oxygen atoms in total. The lowest BCUT2D eigenvalue weighted by molar-refractivity contribution is -0.114. The van der Waals surface area contributed by atoms with Crippen LogP contribution in [0, 0.1) is 5.41 Å². The van der Waals surface area contributed by atoms with Gasteiger partial charge in [0.05, 0.1) is 36.9 Å². The average molecular weight is 448 g/mol. The predicted octanol–water partition coefficient (Wildman–Crippen LogP) is 6.77. The molecule has 2 amide bonds. The van der Waals surface area contributed by atoms with Gasteiger partial charge in [-0.1, -0.05) is 58.2 Å². The van der Waals surface area contributed by atoms with Crippen LogP contribution in [-0.2, 0) is 9.53 Å². The lowest BCUT2D eigenvalue weighted by Gasteiger charge is -2.29. The number of unbranched alkanes of at least 4 members (excludes halogenated alkanes) is 3. The molecule has 6 heteroatoms. The summed E-state index contributed by atoms with van der Waals surface area (Å²) < 4.78 is 5.17. The molecule has 0 atom stereocenters. The predicted molar refractivity (Wildman–Crippen MR) is 133 cm³/mol. The molecule has 1 aromatic carbocycles. The Labute approximate surface area is 189 Å². The quantitative estimate of drug-likeness (QED) is 0.194. The number of hydrogen-bond donors (Lipinski definition) is 1. The van der Waals surface area contributed by atoms with Crippen molar-refractivity contribution < 1.29 is 14.3 Å². The van der Waals surface area contributed by atoms with Crippen molar-refractivity contribution in [3.63, 3.8) is 0 Å². The molecular formula is C25H40N2O3P+. The largest absolute Gasteiger partial charge is 0.449 e. The van der Waals surface area contributed by atoms with Crippen LogP contribution >= 0.6 is 7.26 Å². The molecule has 0 saturated carbocycles. The SMILES string of the molecule is CCCC[P+](CCCC)(CCCC)CC(=C=N)C(=O)N(C(=O)OCC)c1ccccc1. The number of para-hydroxylation sites is 1. The minimum Gasteiger partial charge on any atom is -0.449 e. The Morgan fingerprint density at radius 3 is 1.87 bits per heavy atom. The van der Waals surface area contributed by atoms with E-state index in [1.54, 1.807) is 31.2 Å². The standard InChI is InChI=1S/C25H40N2O3P/c1-5-9-17-31(18-10-6-2,19-11-7-3)21-22(20-26)24(28)27(25(29)30-8-4)23-15-13-12-14-16-23/h12-16,26H,5-11,17-19,21H2,1-4H3/q+1. The number of rotatable bonds is 14. The normalized spacial score (nSPS) is 11.0. The number of nitrogens with zero attached hydrogens (tertiary/aromatic N) is 1. The van der Waals surface area contributed by atoms with Crippen LogP contribution in [-0.4, -0.2) is 49.1 Å². The second kappa shape index (κ2) is 14.9. The molecule has 0 bridgehead atoms. The maximum absolute atomic E-state index is 13.5. The third-order valence-corrected chi connectivity index (χ3v) is 10.3. The number of carbonyl (C=O) groups is 2. The highest BCUT2D eigenvalue weighted by molar-refractivity contribution is 7.76. The molecule has 0 saturated heterocycles. The van der Waals surface area contributed by atoms with Gasteiger partial charge in [0.15, 0.2) is 0 Å². The van der Waals surface area contributed by atoms with Gasteiger partial charge < -0.3 is 4.74 Å². The molecule has 0 aliphatic carbocycles. The topological polar surface area (TPSA) is 70.5 Å². The Hall–Kier alpha value is -1.96. The van der Waals surface area contributed by atoms with Crippen molar-refractivity contribution in [2.45, 2.75) is 66.2 Å². The first kappa shape index (κ1) is 27.1. The van der Waals surface area contributed by atoms with Crippen LogP contribution in [0.5, 0.6) is 0 Å². The molecule has 0 unspecified atom stereocenters. The molecule has 31 heavy (non-hydrogen) atoms.